The summed E-state index contributed by atoms with van der Waals surface area (Å²) in [5, 5.41) is 17.1. The Bertz CT molecular complexity index is 622. The number of amides is 2. The molecule has 0 saturated carbocycles. The maximum Gasteiger partial charge on any atom is 0.326 e. The minimum atomic E-state index is -1.42. The summed E-state index contributed by atoms with van der Waals surface area (Å²) in [5.74, 6) is -3.84. The molecule has 3 atom stereocenters. The Kier molecular flexibility index (Phi) is 11.7. The highest BCUT2D eigenvalue weighted by molar-refractivity contribution is 5.92. The van der Waals surface area contributed by atoms with Crippen LogP contribution in [-0.4, -0.2) is 65.7 Å². The molecule has 0 fully saturated rings. The van der Waals surface area contributed by atoms with E-state index in [0.29, 0.717) is 0 Å². The Balaban J connectivity index is 5.07. The number of hydrogen-bond acceptors (Lipinski definition) is 6. The first-order valence-corrected chi connectivity index (χ1v) is 8.48. The van der Waals surface area contributed by atoms with Crippen LogP contribution in [0.1, 0.15) is 32.6 Å². The van der Waals surface area contributed by atoms with E-state index in [1.165, 1.54) is 6.92 Å². The van der Waals surface area contributed by atoms with Gasteiger partial charge in [0.05, 0.1) is 6.04 Å². The Hall–Kier alpha value is -3.09. The maximum absolute atomic E-state index is 12.4. The summed E-state index contributed by atoms with van der Waals surface area (Å²) in [6, 6.07) is -3.60. The number of ketones is 2. The van der Waals surface area contributed by atoms with E-state index in [9.17, 15) is 29.1 Å². The third-order valence-electron chi connectivity index (χ3n) is 3.64. The van der Waals surface area contributed by atoms with E-state index in [1.54, 1.807) is 10.2 Å². The molecule has 0 aromatic heterocycles. The van der Waals surface area contributed by atoms with Crippen LogP contribution in [-0.2, 0) is 24.0 Å². The zero-order valence-electron chi connectivity index (χ0n) is 15.4. The summed E-state index contributed by atoms with van der Waals surface area (Å²) in [7, 11) is 0. The van der Waals surface area contributed by atoms with Crippen LogP contribution in [0.2, 0.25) is 0 Å². The zero-order chi connectivity index (χ0) is 21.7. The molecule has 0 bridgehead atoms. The lowest BCUT2D eigenvalue weighted by Gasteiger charge is -2.22. The Morgan fingerprint density at radius 2 is 1.32 bits per heavy atom. The van der Waals surface area contributed by atoms with Gasteiger partial charge in [0.15, 0.2) is 24.7 Å². The van der Waals surface area contributed by atoms with Gasteiger partial charge in [0, 0.05) is 12.8 Å². The number of carbonyl (C=O) groups excluding carboxylic acids is 4. The van der Waals surface area contributed by atoms with Crippen molar-refractivity contribution in [2.45, 2.75) is 50.7 Å². The SMILES string of the molecule is C[C@@H](N)C(=O)N[C@@H](CCC(=O)C[NH+]=[N-])C(=O)N[C@@H](CCC(=O)C[NH+]=[N-])C(=O)O. The van der Waals surface area contributed by atoms with Crippen molar-refractivity contribution in [3.63, 3.8) is 0 Å². The van der Waals surface area contributed by atoms with Crippen LogP contribution in [0.4, 0.5) is 0 Å². The topological polar surface area (TPSA) is 228 Å². The molecule has 0 saturated heterocycles. The Morgan fingerprint density at radius 1 is 0.893 bits per heavy atom. The highest BCUT2D eigenvalue weighted by Gasteiger charge is 2.28. The molecule has 2 amide bonds. The third kappa shape index (κ3) is 10.2. The van der Waals surface area contributed by atoms with Crippen molar-refractivity contribution in [2.24, 2.45) is 5.73 Å². The number of rotatable bonds is 15. The molecule has 0 rings (SSSR count). The summed E-state index contributed by atoms with van der Waals surface area (Å²) in [6.45, 7) is 0.661. The van der Waals surface area contributed by atoms with Crippen LogP contribution in [0.25, 0.3) is 11.1 Å². The van der Waals surface area contributed by atoms with Gasteiger partial charge in [-0.3, -0.25) is 19.2 Å². The van der Waals surface area contributed by atoms with Gasteiger partial charge in [-0.2, -0.15) is 0 Å². The van der Waals surface area contributed by atoms with E-state index in [0.717, 1.165) is 0 Å². The van der Waals surface area contributed by atoms with E-state index in [2.05, 4.69) is 10.6 Å². The van der Waals surface area contributed by atoms with Crippen molar-refractivity contribution in [1.82, 2.24) is 10.6 Å². The van der Waals surface area contributed by atoms with Crippen molar-refractivity contribution in [3.05, 3.63) is 11.1 Å². The second kappa shape index (κ2) is 13.1. The van der Waals surface area contributed by atoms with Gasteiger partial charge in [0.25, 0.3) is 0 Å². The van der Waals surface area contributed by atoms with Gasteiger partial charge < -0.3 is 42.8 Å². The molecule has 0 aromatic carbocycles. The molecule has 7 N–H and O–H groups in total. The Labute approximate surface area is 160 Å². The largest absolute Gasteiger partial charge is 0.508 e. The van der Waals surface area contributed by atoms with Gasteiger partial charge in [-0.05, 0) is 19.8 Å². The van der Waals surface area contributed by atoms with Crippen molar-refractivity contribution >= 4 is 29.4 Å². The predicted octanol–water partition coefficient (Wildman–Crippen LogP) is -4.71. The Morgan fingerprint density at radius 3 is 1.71 bits per heavy atom. The van der Waals surface area contributed by atoms with Crippen LogP contribution in [0.3, 0.4) is 0 Å². The van der Waals surface area contributed by atoms with Gasteiger partial charge in [0.1, 0.15) is 12.1 Å². The predicted molar refractivity (Wildman–Crippen MR) is 92.0 cm³/mol. The van der Waals surface area contributed by atoms with E-state index < -0.39 is 47.5 Å². The average molecular weight is 399 g/mol. The minimum absolute atomic E-state index is 0.148. The average Bonchev–Trinajstić information content (AvgIpc) is 2.61. The quantitative estimate of drug-likeness (QED) is 0.147. The molecular weight excluding hydrogens is 374 g/mol. The van der Waals surface area contributed by atoms with E-state index in [-0.39, 0.29) is 38.8 Å². The van der Waals surface area contributed by atoms with E-state index in [1.807, 2.05) is 0 Å². The van der Waals surface area contributed by atoms with Gasteiger partial charge in [0.2, 0.25) is 11.8 Å². The molecule has 13 nitrogen and oxygen atoms in total. The molecule has 0 aliphatic heterocycles. The highest BCUT2D eigenvalue weighted by atomic mass is 16.4. The monoisotopic (exact) mass is 399 g/mol. The standard InChI is InChI=1S/C15H25N7O6/c1-8(16)13(25)21-11(4-2-9(23)6-19-17)14(26)22-12(15(27)28)5-3-10(24)7-20-18/h8,11-12,19-20H,2-7,16H2,1H3,(H,21,25)(H,22,26)(H,27,28)/t8-,11+,12+/m1/s1. The summed E-state index contributed by atoms with van der Waals surface area (Å²) in [5.41, 5.74) is 22.4. The highest BCUT2D eigenvalue weighted by Crippen LogP contribution is 2.04. The molecule has 156 valence electrons. The normalized spacial score (nSPS) is 13.5. The molecule has 0 aromatic rings. The molecule has 0 aliphatic carbocycles. The first-order valence-electron chi connectivity index (χ1n) is 8.48. The summed E-state index contributed by atoms with van der Waals surface area (Å²) >= 11 is 0. The number of carboxylic acids is 1. The first kappa shape index (κ1) is 24.9. The first-order chi connectivity index (χ1) is 13.1. The summed E-state index contributed by atoms with van der Waals surface area (Å²) in [6.07, 6.45) is -0.779. The lowest BCUT2D eigenvalue weighted by molar-refractivity contribution is -0.467. The number of carboxylic acid groups (broad SMARTS) is 1. The third-order valence-corrected chi connectivity index (χ3v) is 3.64. The van der Waals surface area contributed by atoms with Crippen molar-refractivity contribution in [3.8, 4) is 0 Å². The number of nitrogens with one attached hydrogen (secondary N) is 4. The maximum atomic E-state index is 12.4. The minimum Gasteiger partial charge on any atom is -0.508 e. The van der Waals surface area contributed by atoms with Crippen LogP contribution in [0, 0.1) is 0 Å². The van der Waals surface area contributed by atoms with Crippen molar-refractivity contribution in [1.29, 1.82) is 0 Å². The fourth-order valence-corrected chi connectivity index (χ4v) is 2.07. The van der Waals surface area contributed by atoms with Crippen LogP contribution in [0.5, 0.6) is 0 Å². The number of carbonyl (C=O) groups is 5. The van der Waals surface area contributed by atoms with Crippen LogP contribution >= 0.6 is 0 Å². The zero-order valence-corrected chi connectivity index (χ0v) is 15.4. The molecule has 0 radical (unpaired) electrons. The molecule has 0 unspecified atom stereocenters. The van der Waals surface area contributed by atoms with Crippen LogP contribution < -0.4 is 26.6 Å². The van der Waals surface area contributed by atoms with Gasteiger partial charge in [-0.15, -0.1) is 0 Å². The van der Waals surface area contributed by atoms with E-state index >= 15 is 0 Å². The van der Waals surface area contributed by atoms with Gasteiger partial charge >= 0.3 is 5.97 Å². The van der Waals surface area contributed by atoms with Crippen molar-refractivity contribution in [2.75, 3.05) is 13.1 Å². The summed E-state index contributed by atoms with van der Waals surface area (Å²) in [4.78, 5) is 58.4. The number of hydrogen-bond donors (Lipinski definition) is 6. The van der Waals surface area contributed by atoms with Gasteiger partial charge in [-0.25, -0.2) is 4.79 Å². The number of Topliss-reactive ketones (excluding diaryl/α,β-unsaturated/α-hetero) is 2. The molecule has 0 heterocycles. The number of nitrogens with zero attached hydrogens (tertiary/aromatic N) is 2. The second-order valence-corrected chi connectivity index (χ2v) is 6.07. The molecule has 13 heteroatoms. The van der Waals surface area contributed by atoms with Gasteiger partial charge in [-0.1, -0.05) is 0 Å². The summed E-state index contributed by atoms with van der Waals surface area (Å²) < 4.78 is 0. The lowest BCUT2D eigenvalue weighted by atomic mass is 10.0. The molecule has 28 heavy (non-hydrogen) atoms. The molecular formula is C15H25N7O6. The van der Waals surface area contributed by atoms with E-state index in [4.69, 9.17) is 16.8 Å². The lowest BCUT2D eigenvalue weighted by Crippen LogP contribution is -2.65. The van der Waals surface area contributed by atoms with Crippen LogP contribution in [0.15, 0.2) is 0 Å². The van der Waals surface area contributed by atoms with Crippen molar-refractivity contribution < 1.29 is 39.3 Å². The fraction of sp³-hybridized carbons (Fsp3) is 0.667. The number of nitrogens with two attached hydrogens (primary N) is 1. The fourth-order valence-electron chi connectivity index (χ4n) is 2.07. The second-order valence-electron chi connectivity index (χ2n) is 6.07. The number of aliphatic carboxylic acids is 1. The molecule has 0 spiro atoms. The smallest absolute Gasteiger partial charge is 0.326 e. The molecule has 0 aliphatic rings.